The zero-order valence-electron chi connectivity index (χ0n) is 22.1. The second kappa shape index (κ2) is 11.6. The summed E-state index contributed by atoms with van der Waals surface area (Å²) in [5, 5.41) is 2.25. The maximum atomic E-state index is 13.3. The molecule has 2 aromatic carbocycles. The van der Waals surface area contributed by atoms with Crippen molar-refractivity contribution >= 4 is 23.6 Å². The van der Waals surface area contributed by atoms with Crippen LogP contribution in [0.3, 0.4) is 0 Å². The highest BCUT2D eigenvalue weighted by molar-refractivity contribution is 6.24. The first-order valence-corrected chi connectivity index (χ1v) is 13.8. The molecule has 1 atom stereocenters. The van der Waals surface area contributed by atoms with Crippen molar-refractivity contribution in [3.63, 3.8) is 0 Å². The zero-order valence-corrected chi connectivity index (χ0v) is 22.1. The number of unbranched alkanes of at least 4 members (excludes halogenated alkanes) is 1. The van der Waals surface area contributed by atoms with Crippen LogP contribution in [-0.4, -0.2) is 77.1 Å². The second-order valence-electron chi connectivity index (χ2n) is 10.6. The number of imide groups is 2. The van der Waals surface area contributed by atoms with Crippen molar-refractivity contribution in [1.82, 2.24) is 20.0 Å². The minimum absolute atomic E-state index is 0.113. The van der Waals surface area contributed by atoms with Crippen LogP contribution in [0.4, 0.5) is 0 Å². The Morgan fingerprint density at radius 1 is 0.842 bits per heavy atom. The molecule has 200 valence electrons. The summed E-state index contributed by atoms with van der Waals surface area (Å²) in [5.74, 6) is -1.87. The quantitative estimate of drug-likeness (QED) is 0.516. The second-order valence-corrected chi connectivity index (χ2v) is 10.6. The molecule has 3 aliphatic heterocycles. The summed E-state index contributed by atoms with van der Waals surface area (Å²) < 4.78 is 0. The molecule has 3 aliphatic rings. The lowest BCUT2D eigenvalue weighted by Crippen LogP contribution is -2.54. The number of nitrogens with zero attached hydrogens (tertiary/aromatic N) is 3. The highest BCUT2D eigenvalue weighted by Gasteiger charge is 2.45. The summed E-state index contributed by atoms with van der Waals surface area (Å²) in [4.78, 5) is 56.4. The smallest absolute Gasteiger partial charge is 0.262 e. The van der Waals surface area contributed by atoms with Crippen molar-refractivity contribution in [2.45, 2.75) is 58.0 Å². The van der Waals surface area contributed by atoms with Crippen LogP contribution in [0, 0.1) is 0 Å². The van der Waals surface area contributed by atoms with Crippen molar-refractivity contribution < 1.29 is 19.2 Å². The number of rotatable bonds is 9. The Hall–Kier alpha value is -3.36. The van der Waals surface area contributed by atoms with E-state index in [0.29, 0.717) is 17.5 Å². The summed E-state index contributed by atoms with van der Waals surface area (Å²) in [6.07, 6.45) is 4.15. The van der Waals surface area contributed by atoms with Crippen LogP contribution in [-0.2, 0) is 29.0 Å². The van der Waals surface area contributed by atoms with Crippen LogP contribution in [0.1, 0.15) is 70.0 Å². The van der Waals surface area contributed by atoms with Crippen molar-refractivity contribution in [2.75, 3.05) is 32.7 Å². The molecule has 8 heteroatoms. The lowest BCUT2D eigenvalue weighted by molar-refractivity contribution is -0.136. The number of hydrogen-bond donors (Lipinski definition) is 1. The summed E-state index contributed by atoms with van der Waals surface area (Å²) >= 11 is 0. The lowest BCUT2D eigenvalue weighted by Gasteiger charge is -2.34. The number of hydrogen-bond acceptors (Lipinski definition) is 6. The van der Waals surface area contributed by atoms with Crippen LogP contribution in [0.25, 0.3) is 0 Å². The van der Waals surface area contributed by atoms with Gasteiger partial charge in [0.2, 0.25) is 11.8 Å². The fraction of sp³-hybridized carbons (Fsp3) is 0.467. The largest absolute Gasteiger partial charge is 0.301 e. The van der Waals surface area contributed by atoms with Crippen molar-refractivity contribution in [3.8, 4) is 0 Å². The van der Waals surface area contributed by atoms with E-state index in [9.17, 15) is 19.2 Å². The third-order valence-electron chi connectivity index (χ3n) is 7.96. The van der Waals surface area contributed by atoms with Crippen molar-refractivity contribution in [1.29, 1.82) is 0 Å². The van der Waals surface area contributed by atoms with Crippen LogP contribution < -0.4 is 5.32 Å². The molecule has 2 saturated heterocycles. The number of piperidine rings is 1. The fourth-order valence-electron chi connectivity index (χ4n) is 5.69. The Kier molecular flexibility index (Phi) is 8.00. The first-order chi connectivity index (χ1) is 18.4. The monoisotopic (exact) mass is 516 g/mol. The molecule has 8 nitrogen and oxygen atoms in total. The van der Waals surface area contributed by atoms with E-state index in [1.54, 1.807) is 12.1 Å². The van der Waals surface area contributed by atoms with Crippen LogP contribution >= 0.6 is 0 Å². The third kappa shape index (κ3) is 5.56. The molecular weight excluding hydrogens is 480 g/mol. The lowest BCUT2D eigenvalue weighted by atomic mass is 9.96. The van der Waals surface area contributed by atoms with Gasteiger partial charge in [0.05, 0.1) is 11.1 Å². The fourth-order valence-corrected chi connectivity index (χ4v) is 5.69. The van der Waals surface area contributed by atoms with Gasteiger partial charge in [0.25, 0.3) is 11.8 Å². The van der Waals surface area contributed by atoms with Gasteiger partial charge in [-0.1, -0.05) is 49.7 Å². The van der Waals surface area contributed by atoms with Gasteiger partial charge in [-0.25, -0.2) is 0 Å². The Bertz CT molecular complexity index is 1220. The Morgan fingerprint density at radius 2 is 1.55 bits per heavy atom. The topological polar surface area (TPSA) is 90.0 Å². The van der Waals surface area contributed by atoms with Gasteiger partial charge >= 0.3 is 0 Å². The molecule has 4 amide bonds. The third-order valence-corrected chi connectivity index (χ3v) is 7.96. The van der Waals surface area contributed by atoms with Gasteiger partial charge in [-0.2, -0.15) is 0 Å². The summed E-state index contributed by atoms with van der Waals surface area (Å²) in [6, 6.07) is 13.0. The van der Waals surface area contributed by atoms with E-state index >= 15 is 0 Å². The molecule has 3 heterocycles. The van der Waals surface area contributed by atoms with E-state index in [1.807, 2.05) is 6.07 Å². The summed E-state index contributed by atoms with van der Waals surface area (Å²) in [6.45, 7) is 8.90. The van der Waals surface area contributed by atoms with E-state index in [4.69, 9.17) is 0 Å². The van der Waals surface area contributed by atoms with Gasteiger partial charge in [-0.3, -0.25) is 34.3 Å². The van der Waals surface area contributed by atoms with Gasteiger partial charge < -0.3 is 4.90 Å². The number of carbonyl (C=O) groups is 4. The van der Waals surface area contributed by atoms with Gasteiger partial charge in [-0.05, 0) is 55.0 Å². The molecule has 0 spiro atoms. The predicted octanol–water partition coefficient (Wildman–Crippen LogP) is 2.79. The number of amides is 4. The predicted molar refractivity (Wildman–Crippen MR) is 144 cm³/mol. The molecule has 1 unspecified atom stereocenters. The average molecular weight is 517 g/mol. The molecule has 0 aromatic heterocycles. The first-order valence-electron chi connectivity index (χ1n) is 13.8. The number of aryl methyl sites for hydroxylation is 2. The average Bonchev–Trinajstić information content (AvgIpc) is 3.18. The summed E-state index contributed by atoms with van der Waals surface area (Å²) in [5.41, 5.74) is 4.01. The molecule has 38 heavy (non-hydrogen) atoms. The number of nitrogens with one attached hydrogen (secondary N) is 1. The minimum Gasteiger partial charge on any atom is -0.301 e. The van der Waals surface area contributed by atoms with E-state index in [0.717, 1.165) is 49.6 Å². The first kappa shape index (κ1) is 26.3. The van der Waals surface area contributed by atoms with E-state index in [1.165, 1.54) is 30.5 Å². The van der Waals surface area contributed by atoms with Crippen molar-refractivity contribution in [3.05, 3.63) is 70.3 Å². The van der Waals surface area contributed by atoms with Crippen LogP contribution in [0.15, 0.2) is 42.5 Å². The number of benzene rings is 2. The van der Waals surface area contributed by atoms with E-state index in [2.05, 4.69) is 46.3 Å². The van der Waals surface area contributed by atoms with E-state index < -0.39 is 23.8 Å². The Morgan fingerprint density at radius 3 is 2.26 bits per heavy atom. The molecule has 0 saturated carbocycles. The van der Waals surface area contributed by atoms with Gasteiger partial charge in [-0.15, -0.1) is 0 Å². The normalized spacial score (nSPS) is 20.7. The minimum atomic E-state index is -0.945. The van der Waals surface area contributed by atoms with Crippen molar-refractivity contribution in [2.24, 2.45) is 0 Å². The molecule has 0 aliphatic carbocycles. The SMILES string of the molecule is CCCCN1CCN(Cc2ccc(CCc3cccc4c3C(=O)N(C3CCC(=O)NC3=O)C4=O)cc2)CC1. The summed E-state index contributed by atoms with van der Waals surface area (Å²) in [7, 11) is 0. The Balaban J connectivity index is 1.19. The molecule has 2 fully saturated rings. The van der Waals surface area contributed by atoms with Crippen LogP contribution in [0.2, 0.25) is 0 Å². The zero-order chi connectivity index (χ0) is 26.6. The molecule has 5 rings (SSSR count). The number of carbonyl (C=O) groups excluding carboxylic acids is 4. The molecular formula is C30H36N4O4. The molecule has 0 bridgehead atoms. The van der Waals surface area contributed by atoms with Gasteiger partial charge in [0.1, 0.15) is 6.04 Å². The van der Waals surface area contributed by atoms with Gasteiger partial charge in [0.15, 0.2) is 0 Å². The molecule has 1 N–H and O–H groups in total. The Labute approximate surface area is 224 Å². The van der Waals surface area contributed by atoms with Crippen LogP contribution in [0.5, 0.6) is 0 Å². The van der Waals surface area contributed by atoms with E-state index in [-0.39, 0.29) is 18.7 Å². The maximum absolute atomic E-state index is 13.3. The number of piperazine rings is 1. The highest BCUT2D eigenvalue weighted by atomic mass is 16.2. The maximum Gasteiger partial charge on any atom is 0.262 e. The molecule has 2 aromatic rings. The standard InChI is InChI=1S/C30H36N4O4/c1-2-3-15-32-16-18-33(19-17-32)20-22-9-7-21(8-10-22)11-12-23-5-4-6-24-27(23)30(38)34(29(24)37)25-13-14-26(35)31-28(25)36/h4-10,25H,2-3,11-20H2,1H3,(H,31,35,36). The molecule has 0 radical (unpaired) electrons. The van der Waals surface area contributed by atoms with Gasteiger partial charge in [0, 0.05) is 39.1 Å². The number of fused-ring (bicyclic) bond motifs is 1. The highest BCUT2D eigenvalue weighted by Crippen LogP contribution is 2.30.